The number of fused-ring (bicyclic) bond motifs is 1. The molecule has 0 bridgehead atoms. The van der Waals surface area contributed by atoms with E-state index in [4.69, 9.17) is 29.5 Å². The average Bonchev–Trinajstić information content (AvgIpc) is 3.44. The van der Waals surface area contributed by atoms with Crippen LogP contribution in [0.1, 0.15) is 25.1 Å². The minimum atomic E-state index is -5.69. The fourth-order valence-electron chi connectivity index (χ4n) is 3.84. The van der Waals surface area contributed by atoms with Crippen LogP contribution in [0.25, 0.3) is 11.0 Å². The third-order valence-corrected chi connectivity index (χ3v) is 11.0. The molecule has 6 N–H and O–H groups in total. The molecule has 18 nitrogen and oxygen atoms in total. The number of hydrogen-bond acceptors (Lipinski definition) is 14. The van der Waals surface area contributed by atoms with Crippen molar-refractivity contribution in [2.24, 2.45) is 10.7 Å². The number of hydrogen-bond donors (Lipinski definition) is 5. The fourth-order valence-corrected chi connectivity index (χ4v) is 8.28. The smallest absolute Gasteiger partial charge is 0.369 e. The van der Waals surface area contributed by atoms with E-state index in [1.54, 1.807) is 43.0 Å². The van der Waals surface area contributed by atoms with Gasteiger partial charge in [0.1, 0.15) is 29.7 Å². The van der Waals surface area contributed by atoms with Crippen LogP contribution in [0.5, 0.6) is 0 Å². The highest BCUT2D eigenvalue weighted by Crippen LogP contribution is 2.66. The molecule has 1 aliphatic rings. The number of rotatable bonds is 14. The van der Waals surface area contributed by atoms with Gasteiger partial charge in [0.05, 0.1) is 36.5 Å². The van der Waals surface area contributed by atoms with Gasteiger partial charge in [-0.1, -0.05) is 33.4 Å². The van der Waals surface area contributed by atoms with Crippen LogP contribution < -0.4 is 5.73 Å². The Labute approximate surface area is 254 Å². The summed E-state index contributed by atoms with van der Waals surface area (Å²) in [5, 5.41) is 0.533. The first-order valence-electron chi connectivity index (χ1n) is 12.1. The fraction of sp³-hybridized carbons (Fsp3) is 0.550. The van der Waals surface area contributed by atoms with Crippen LogP contribution in [0.4, 0.5) is 5.82 Å². The van der Waals surface area contributed by atoms with E-state index in [9.17, 15) is 23.5 Å². The molecule has 0 aliphatic carbocycles. The molecule has 3 unspecified atom stereocenters. The minimum absolute atomic E-state index is 0.0974. The van der Waals surface area contributed by atoms with E-state index in [0.29, 0.717) is 22.4 Å². The summed E-state index contributed by atoms with van der Waals surface area (Å²) in [5.41, 5.74) is 6.19. The van der Waals surface area contributed by atoms with Gasteiger partial charge in [-0.3, -0.25) is 4.52 Å². The largest absolute Gasteiger partial charge is 0.490 e. The van der Waals surface area contributed by atoms with Gasteiger partial charge in [0, 0.05) is 26.7 Å². The molecule has 3 heterocycles. The van der Waals surface area contributed by atoms with Crippen molar-refractivity contribution in [1.82, 2.24) is 19.4 Å². The molecule has 0 saturated carbocycles. The lowest BCUT2D eigenvalue weighted by atomic mass is 10.2. The summed E-state index contributed by atoms with van der Waals surface area (Å²) < 4.78 is 61.3. The summed E-state index contributed by atoms with van der Waals surface area (Å²) in [4.78, 5) is 51.7. The Hall–Kier alpha value is -1.36. The average molecular weight is 705 g/mol. The van der Waals surface area contributed by atoms with Crippen molar-refractivity contribution in [3.05, 3.63) is 18.1 Å². The molecule has 43 heavy (non-hydrogen) atoms. The van der Waals surface area contributed by atoms with Crippen LogP contribution in [0.15, 0.2) is 17.5 Å². The van der Waals surface area contributed by atoms with E-state index in [0.717, 1.165) is 0 Å². The summed E-state index contributed by atoms with van der Waals surface area (Å²) in [5.74, 6) is 6.14. The van der Waals surface area contributed by atoms with Gasteiger partial charge in [-0.25, -0.2) is 28.7 Å². The van der Waals surface area contributed by atoms with Gasteiger partial charge >= 0.3 is 23.5 Å². The second-order valence-electron chi connectivity index (χ2n) is 8.82. The zero-order valence-electron chi connectivity index (χ0n) is 23.2. The van der Waals surface area contributed by atoms with E-state index in [1.807, 2.05) is 6.26 Å². The molecule has 2 aromatic rings. The second kappa shape index (κ2) is 15.3. The van der Waals surface area contributed by atoms with Crippen molar-refractivity contribution in [3.63, 3.8) is 0 Å². The van der Waals surface area contributed by atoms with Crippen LogP contribution in [0.3, 0.4) is 0 Å². The molecule has 1 fully saturated rings. The Morgan fingerprint density at radius 1 is 1.26 bits per heavy atom. The van der Waals surface area contributed by atoms with Crippen LogP contribution >= 0.6 is 45.1 Å². The number of nitrogens with zero attached hydrogens (tertiary/aromatic N) is 5. The van der Waals surface area contributed by atoms with Crippen molar-refractivity contribution in [2.45, 2.75) is 37.2 Å². The van der Waals surface area contributed by atoms with Gasteiger partial charge in [0.2, 0.25) is 0 Å². The summed E-state index contributed by atoms with van der Waals surface area (Å²) in [7, 11) is -10.2. The Balaban J connectivity index is 1.92. The molecule has 0 spiro atoms. The Morgan fingerprint density at radius 3 is 2.60 bits per heavy atom. The minimum Gasteiger partial charge on any atom is -0.369 e. The van der Waals surface area contributed by atoms with E-state index >= 15 is 0 Å². The first kappa shape index (κ1) is 36.1. The summed E-state index contributed by atoms with van der Waals surface area (Å²) in [6.07, 6.45) is 4.13. The summed E-state index contributed by atoms with van der Waals surface area (Å²) in [6, 6.07) is 0. The summed E-state index contributed by atoms with van der Waals surface area (Å²) in [6.45, 7) is 1.20. The highest BCUT2D eigenvalue weighted by molar-refractivity contribution is 8.76. The number of nitrogens with two attached hydrogens (primary N) is 1. The third kappa shape index (κ3) is 10.9. The molecule has 6 atom stereocenters. The Morgan fingerprint density at radius 2 is 1.98 bits per heavy atom. The van der Waals surface area contributed by atoms with Crippen LogP contribution in [0, 0.1) is 11.8 Å². The van der Waals surface area contributed by atoms with Gasteiger partial charge in [-0.15, -0.1) is 0 Å². The maximum Gasteiger partial charge on any atom is 0.490 e. The zero-order chi connectivity index (χ0) is 32.0. The zero-order valence-corrected chi connectivity index (χ0v) is 27.5. The number of phosphoric ester groups is 1. The first-order valence-corrected chi connectivity index (χ1v) is 19.2. The Bertz CT molecular complexity index is 1510. The van der Waals surface area contributed by atoms with Crippen molar-refractivity contribution >= 4 is 68.2 Å². The SMILES string of the molecule is CSS[C@@H](C)OC1C[C@H](n2cc(C#CCN)c3c(/N=C/N(C)C)ncnc32)O[C@@H]1COP(=O)(O)OP(=O)(O)OP(=O)(O)O. The maximum atomic E-state index is 12.4. The molecule has 240 valence electrons. The van der Waals surface area contributed by atoms with E-state index in [1.165, 1.54) is 27.9 Å². The second-order valence-corrected chi connectivity index (χ2v) is 16.0. The molecular weight excluding hydrogens is 673 g/mol. The lowest BCUT2D eigenvalue weighted by Gasteiger charge is -2.23. The number of aliphatic imine (C=N–C) groups is 1. The molecule has 0 amide bonds. The van der Waals surface area contributed by atoms with Crippen LogP contribution in [0.2, 0.25) is 0 Å². The molecule has 23 heteroatoms. The molecular formula is C20H31N6O12P3S2. The molecule has 0 aromatic carbocycles. The van der Waals surface area contributed by atoms with E-state index < -0.39 is 48.5 Å². The van der Waals surface area contributed by atoms with Gasteiger partial charge in [-0.2, -0.15) is 8.62 Å². The van der Waals surface area contributed by atoms with E-state index in [2.05, 4.69) is 35.4 Å². The summed E-state index contributed by atoms with van der Waals surface area (Å²) >= 11 is 0. The quantitative estimate of drug-likeness (QED) is 0.0472. The van der Waals surface area contributed by atoms with Crippen molar-refractivity contribution < 1.29 is 55.9 Å². The maximum absolute atomic E-state index is 12.4. The first-order chi connectivity index (χ1) is 20.0. The van der Waals surface area contributed by atoms with Crippen molar-refractivity contribution in [1.29, 1.82) is 0 Å². The molecule has 0 radical (unpaired) electrons. The van der Waals surface area contributed by atoms with Gasteiger partial charge < -0.3 is 44.2 Å². The number of aromatic nitrogens is 3. The highest BCUT2D eigenvalue weighted by atomic mass is 33.1. The van der Waals surface area contributed by atoms with Crippen molar-refractivity contribution in [2.75, 3.05) is 33.5 Å². The van der Waals surface area contributed by atoms with E-state index in [-0.39, 0.29) is 18.4 Å². The Kier molecular flexibility index (Phi) is 12.8. The van der Waals surface area contributed by atoms with Crippen molar-refractivity contribution in [3.8, 4) is 11.8 Å². The third-order valence-electron chi connectivity index (χ3n) is 5.23. The monoisotopic (exact) mass is 704 g/mol. The van der Waals surface area contributed by atoms with Gasteiger partial charge in [0.25, 0.3) is 0 Å². The lowest BCUT2D eigenvalue weighted by Crippen LogP contribution is -2.30. The van der Waals surface area contributed by atoms with Gasteiger partial charge in [0.15, 0.2) is 5.82 Å². The highest BCUT2D eigenvalue weighted by Gasteiger charge is 2.44. The number of phosphoric acid groups is 3. The predicted octanol–water partition coefficient (Wildman–Crippen LogP) is 2.34. The molecule has 2 aromatic heterocycles. The molecule has 1 saturated heterocycles. The molecule has 1 aliphatic heterocycles. The van der Waals surface area contributed by atoms with Crippen LogP contribution in [-0.4, -0.2) is 96.5 Å². The number of ether oxygens (including phenoxy) is 2. The normalized spacial score (nSPS) is 22.7. The topological polar surface area (TPSA) is 251 Å². The lowest BCUT2D eigenvalue weighted by molar-refractivity contribution is -0.0616. The van der Waals surface area contributed by atoms with Gasteiger partial charge in [-0.05, 0) is 13.2 Å². The standard InChI is InChI=1S/C20H31N6O12P3S2/c1-13(43-42-4)35-15-8-17(36-16(15)10-34-40(30,31)38-41(32,33)37-39(27,28)29)26-9-14(6-5-7-21)18-19(24-12-25(2)3)22-11-23-20(18)26/h9,11-13,15-17H,7-8,10,21H2,1-4H3,(H,30,31)(H,32,33)(H2,27,28,29)/b24-12+/t13-,15?,16+,17+/m0/s1. The van der Waals surface area contributed by atoms with Crippen LogP contribution in [-0.2, 0) is 36.3 Å². The molecule has 3 rings (SSSR count). The predicted molar refractivity (Wildman–Crippen MR) is 159 cm³/mol.